The lowest BCUT2D eigenvalue weighted by Crippen LogP contribution is -2.01. The quantitative estimate of drug-likeness (QED) is 0.202. The second kappa shape index (κ2) is 14.4. The van der Waals surface area contributed by atoms with Gasteiger partial charge in [-0.25, -0.2) is 9.59 Å². The lowest BCUT2D eigenvalue weighted by atomic mass is 10.2. The van der Waals surface area contributed by atoms with Gasteiger partial charge in [0.15, 0.2) is 5.75 Å². The molecule has 0 unspecified atom stereocenters. The second-order valence-electron chi connectivity index (χ2n) is 6.30. The van der Waals surface area contributed by atoms with Gasteiger partial charge in [0.25, 0.3) is 0 Å². The Morgan fingerprint density at radius 3 is 1.92 bits per heavy atom. The molecular weight excluding hydrogens is 690 g/mol. The molecule has 190 valence electrons. The average molecular weight is 704 g/mol. The second-order valence-corrected chi connectivity index (χ2v) is 9.64. The Kier molecular flexibility index (Phi) is 12.6. The Bertz CT molecular complexity index is 1330. The van der Waals surface area contributed by atoms with Crippen molar-refractivity contribution in [2.75, 3.05) is 12.8 Å². The number of ether oxygens (including phenoxy) is 1. The van der Waals surface area contributed by atoms with E-state index in [-0.39, 0.29) is 48.4 Å². The van der Waals surface area contributed by atoms with Crippen molar-refractivity contribution in [3.8, 4) is 17.6 Å². The molecule has 14 heteroatoms. The number of hydrogen-bond acceptors (Lipinski definition) is 6. The highest BCUT2D eigenvalue weighted by Crippen LogP contribution is 2.34. The summed E-state index contributed by atoms with van der Waals surface area (Å²) in [6, 6.07) is 10.6. The number of nitrogen functional groups attached to an aromatic ring is 1. The standard InChI is InChI=1S/C8H6Cl2O3.C7H3Br2NO.C7H5Cl2NO2/c1-13-7-5(10)3-2-4(9)6(7)8(11)12;8-5-1-4(3-10)2-6(9)7(5)11;8-3-1-4(7(11)12)6(9)5(10)2-3/h2-3H,1H3,(H,11,12);1-2,11H;1-2H,10H2,(H,11,12). The van der Waals surface area contributed by atoms with Gasteiger partial charge in [-0.05, 0) is 68.3 Å². The number of nitrogens with zero attached hydrogens (tertiary/aromatic N) is 1. The summed E-state index contributed by atoms with van der Waals surface area (Å²) in [6.45, 7) is 0. The molecule has 0 amide bonds. The summed E-state index contributed by atoms with van der Waals surface area (Å²) in [7, 11) is 1.34. The van der Waals surface area contributed by atoms with Crippen molar-refractivity contribution in [1.82, 2.24) is 0 Å². The van der Waals surface area contributed by atoms with E-state index in [9.17, 15) is 14.7 Å². The molecule has 3 rings (SSSR count). The van der Waals surface area contributed by atoms with E-state index in [0.29, 0.717) is 14.5 Å². The van der Waals surface area contributed by atoms with Gasteiger partial charge < -0.3 is 25.8 Å². The van der Waals surface area contributed by atoms with Gasteiger partial charge in [-0.2, -0.15) is 5.26 Å². The highest BCUT2D eigenvalue weighted by Gasteiger charge is 2.18. The number of anilines is 1. The van der Waals surface area contributed by atoms with Crippen LogP contribution >= 0.6 is 78.3 Å². The molecule has 0 spiro atoms. The van der Waals surface area contributed by atoms with Gasteiger partial charge in [0.2, 0.25) is 0 Å². The molecule has 0 saturated heterocycles. The van der Waals surface area contributed by atoms with Gasteiger partial charge >= 0.3 is 11.9 Å². The van der Waals surface area contributed by atoms with E-state index >= 15 is 0 Å². The van der Waals surface area contributed by atoms with Gasteiger partial charge in [0.05, 0.1) is 54.0 Å². The van der Waals surface area contributed by atoms with Crippen molar-refractivity contribution in [2.45, 2.75) is 0 Å². The summed E-state index contributed by atoms with van der Waals surface area (Å²) in [6.07, 6.45) is 0. The number of aromatic carboxylic acids is 2. The largest absolute Gasteiger partial charge is 0.506 e. The average Bonchev–Trinajstić information content (AvgIpc) is 2.81. The number of hydrogen-bond donors (Lipinski definition) is 4. The fourth-order valence-electron chi connectivity index (χ4n) is 2.33. The number of halogens is 6. The summed E-state index contributed by atoms with van der Waals surface area (Å²) in [5.74, 6) is -2.11. The summed E-state index contributed by atoms with van der Waals surface area (Å²) in [5.41, 5.74) is 5.85. The van der Waals surface area contributed by atoms with Gasteiger partial charge in [0, 0.05) is 5.02 Å². The van der Waals surface area contributed by atoms with Crippen molar-refractivity contribution >= 4 is 95.9 Å². The number of phenols is 1. The van der Waals surface area contributed by atoms with E-state index in [1.54, 1.807) is 12.1 Å². The normalized spacial score (nSPS) is 9.61. The molecule has 0 fully saturated rings. The van der Waals surface area contributed by atoms with Crippen molar-refractivity contribution in [2.24, 2.45) is 0 Å². The molecule has 8 nitrogen and oxygen atoms in total. The molecule has 0 aromatic heterocycles. The maximum absolute atomic E-state index is 10.7. The SMILES string of the molecule is COc1c(Cl)ccc(Cl)c1C(=O)O.N#Cc1cc(Br)c(O)c(Br)c1.Nc1cc(Cl)cc(C(=O)O)c1Cl. The van der Waals surface area contributed by atoms with Gasteiger partial charge in [-0.1, -0.05) is 46.4 Å². The molecule has 0 radical (unpaired) electrons. The molecule has 36 heavy (non-hydrogen) atoms. The van der Waals surface area contributed by atoms with Crippen LogP contribution in [0, 0.1) is 11.3 Å². The van der Waals surface area contributed by atoms with Crippen molar-refractivity contribution in [1.29, 1.82) is 5.26 Å². The van der Waals surface area contributed by atoms with Crippen LogP contribution in [0.5, 0.6) is 11.5 Å². The topological polar surface area (TPSA) is 154 Å². The van der Waals surface area contributed by atoms with Crippen LogP contribution in [0.2, 0.25) is 20.1 Å². The van der Waals surface area contributed by atoms with E-state index in [1.807, 2.05) is 6.07 Å². The number of methoxy groups -OCH3 is 1. The molecule has 0 aliphatic carbocycles. The van der Waals surface area contributed by atoms with Crippen molar-refractivity contribution in [3.63, 3.8) is 0 Å². The van der Waals surface area contributed by atoms with Gasteiger partial charge in [-0.3, -0.25) is 0 Å². The first-order valence-electron chi connectivity index (χ1n) is 9.06. The first-order valence-corrected chi connectivity index (χ1v) is 12.2. The number of nitriles is 1. The zero-order chi connectivity index (χ0) is 27.7. The number of carboxylic acids is 2. The smallest absolute Gasteiger partial charge is 0.341 e. The van der Waals surface area contributed by atoms with E-state index in [2.05, 4.69) is 31.9 Å². The molecule has 0 saturated carbocycles. The molecule has 3 aromatic carbocycles. The molecule has 0 heterocycles. The minimum Gasteiger partial charge on any atom is -0.506 e. The third-order valence-electron chi connectivity index (χ3n) is 3.92. The molecule has 0 bridgehead atoms. The predicted octanol–water partition coefficient (Wildman–Crippen LogP) is 7.76. The minimum absolute atomic E-state index is 0.0203. The fraction of sp³-hybridized carbons (Fsp3) is 0.0455. The third kappa shape index (κ3) is 8.62. The maximum Gasteiger partial charge on any atom is 0.341 e. The summed E-state index contributed by atoms with van der Waals surface area (Å²) >= 11 is 28.7. The number of carboxylic acid groups (broad SMARTS) is 2. The highest BCUT2D eigenvalue weighted by molar-refractivity contribution is 9.11. The lowest BCUT2D eigenvalue weighted by Gasteiger charge is -2.07. The van der Waals surface area contributed by atoms with Crippen LogP contribution in [0.15, 0.2) is 45.3 Å². The zero-order valence-electron chi connectivity index (χ0n) is 17.8. The Labute approximate surface area is 242 Å². The van der Waals surface area contributed by atoms with Crippen LogP contribution < -0.4 is 10.5 Å². The van der Waals surface area contributed by atoms with E-state index in [1.165, 1.54) is 31.4 Å². The zero-order valence-corrected chi connectivity index (χ0v) is 24.0. The lowest BCUT2D eigenvalue weighted by molar-refractivity contribution is 0.0684. The van der Waals surface area contributed by atoms with Crippen LogP contribution in [-0.2, 0) is 0 Å². The fourth-order valence-corrected chi connectivity index (χ4v) is 4.40. The predicted molar refractivity (Wildman–Crippen MR) is 146 cm³/mol. The molecule has 0 atom stereocenters. The Balaban J connectivity index is 0.000000271. The minimum atomic E-state index is -1.16. The Morgan fingerprint density at radius 1 is 0.972 bits per heavy atom. The van der Waals surface area contributed by atoms with E-state index in [4.69, 9.17) is 72.3 Å². The highest BCUT2D eigenvalue weighted by atomic mass is 79.9. The third-order valence-corrected chi connectivity index (χ3v) is 6.38. The number of rotatable bonds is 3. The van der Waals surface area contributed by atoms with E-state index in [0.717, 1.165) is 0 Å². The van der Waals surface area contributed by atoms with Crippen molar-refractivity contribution < 1.29 is 29.6 Å². The Hall–Kier alpha value is -2.39. The maximum atomic E-state index is 10.7. The number of nitrogens with two attached hydrogens (primary N) is 1. The van der Waals surface area contributed by atoms with Crippen LogP contribution in [-0.4, -0.2) is 34.4 Å². The molecule has 0 aliphatic heterocycles. The number of carbonyl (C=O) groups is 2. The first kappa shape index (κ1) is 31.6. The molecular formula is C22H14Br2Cl4N2O6. The Morgan fingerprint density at radius 2 is 1.50 bits per heavy atom. The van der Waals surface area contributed by atoms with Crippen LogP contribution in [0.3, 0.4) is 0 Å². The van der Waals surface area contributed by atoms with Gasteiger partial charge in [0.1, 0.15) is 11.3 Å². The number of aromatic hydroxyl groups is 1. The van der Waals surface area contributed by atoms with Crippen LogP contribution in [0.25, 0.3) is 0 Å². The molecule has 3 aromatic rings. The molecule has 5 N–H and O–H groups in total. The first-order chi connectivity index (χ1) is 16.7. The molecule has 0 aliphatic rings. The number of phenolic OH excluding ortho intramolecular Hbond substituents is 1. The summed E-state index contributed by atoms with van der Waals surface area (Å²) < 4.78 is 5.86. The van der Waals surface area contributed by atoms with Gasteiger partial charge in [-0.15, -0.1) is 0 Å². The summed E-state index contributed by atoms with van der Waals surface area (Å²) in [5, 5.41) is 35.7. The number of benzene rings is 3. The van der Waals surface area contributed by atoms with Crippen LogP contribution in [0.1, 0.15) is 26.3 Å². The van der Waals surface area contributed by atoms with E-state index < -0.39 is 11.9 Å². The monoisotopic (exact) mass is 700 g/mol. The van der Waals surface area contributed by atoms with Crippen LogP contribution in [0.4, 0.5) is 5.69 Å². The van der Waals surface area contributed by atoms with Crippen molar-refractivity contribution in [3.05, 3.63) is 82.1 Å². The summed E-state index contributed by atoms with van der Waals surface area (Å²) in [4.78, 5) is 21.3.